The van der Waals surface area contributed by atoms with E-state index in [1.54, 1.807) is 23.1 Å². The average molecular weight is 390 g/mol. The van der Waals surface area contributed by atoms with Crippen LogP contribution in [0.25, 0.3) is 0 Å². The molecular formula is C22H32FN3O2. The summed E-state index contributed by atoms with van der Waals surface area (Å²) in [6.45, 7) is 11.6. The fraction of sp³-hybridized carbons (Fsp3) is 0.636. The Morgan fingerprint density at radius 1 is 1.11 bits per heavy atom. The molecule has 2 saturated heterocycles. The number of carbonyl (C=O) groups excluding carboxylic acids is 2. The molecule has 1 aromatic rings. The molecule has 2 aliphatic rings. The van der Waals surface area contributed by atoms with E-state index < -0.39 is 5.82 Å². The van der Waals surface area contributed by atoms with Crippen molar-refractivity contribution in [3.8, 4) is 0 Å². The van der Waals surface area contributed by atoms with Gasteiger partial charge in [0, 0.05) is 50.2 Å². The van der Waals surface area contributed by atoms with E-state index in [-0.39, 0.29) is 34.9 Å². The highest BCUT2D eigenvalue weighted by Gasteiger charge is 2.45. The molecule has 0 N–H and O–H groups in total. The quantitative estimate of drug-likeness (QED) is 0.795. The van der Waals surface area contributed by atoms with Crippen molar-refractivity contribution in [2.45, 2.75) is 52.1 Å². The summed E-state index contributed by atoms with van der Waals surface area (Å²) in [5.74, 6) is -0.463. The number of nitrogens with zero attached hydrogens (tertiary/aromatic N) is 3. The zero-order valence-corrected chi connectivity index (χ0v) is 17.4. The maximum absolute atomic E-state index is 14.1. The largest absolute Gasteiger partial charge is 0.340 e. The number of hydrogen-bond donors (Lipinski definition) is 0. The molecule has 28 heavy (non-hydrogen) atoms. The van der Waals surface area contributed by atoms with Gasteiger partial charge in [-0.1, -0.05) is 26.0 Å². The van der Waals surface area contributed by atoms with Crippen LogP contribution in [0.3, 0.4) is 0 Å². The van der Waals surface area contributed by atoms with Crippen LogP contribution >= 0.6 is 0 Å². The highest BCUT2D eigenvalue weighted by atomic mass is 19.1. The Balaban J connectivity index is 1.78. The molecule has 0 spiro atoms. The lowest BCUT2D eigenvalue weighted by atomic mass is 9.91. The summed E-state index contributed by atoms with van der Waals surface area (Å²) in [7, 11) is 0. The van der Waals surface area contributed by atoms with Gasteiger partial charge >= 0.3 is 0 Å². The Morgan fingerprint density at radius 3 is 2.39 bits per heavy atom. The summed E-state index contributed by atoms with van der Waals surface area (Å²) in [5, 5.41) is 0. The van der Waals surface area contributed by atoms with Crippen LogP contribution in [-0.4, -0.2) is 70.8 Å². The average Bonchev–Trinajstić information content (AvgIpc) is 2.67. The fourth-order valence-corrected chi connectivity index (χ4v) is 4.74. The first-order valence-corrected chi connectivity index (χ1v) is 10.4. The molecule has 2 heterocycles. The molecule has 0 radical (unpaired) electrons. The van der Waals surface area contributed by atoms with E-state index in [4.69, 9.17) is 0 Å². The van der Waals surface area contributed by atoms with Crippen LogP contribution < -0.4 is 0 Å². The molecule has 0 aromatic heterocycles. The predicted molar refractivity (Wildman–Crippen MR) is 108 cm³/mol. The molecule has 2 fully saturated rings. The summed E-state index contributed by atoms with van der Waals surface area (Å²) in [4.78, 5) is 32.0. The zero-order valence-electron chi connectivity index (χ0n) is 17.4. The molecule has 5 nitrogen and oxygen atoms in total. The predicted octanol–water partition coefficient (Wildman–Crippen LogP) is 3.01. The third kappa shape index (κ3) is 3.93. The van der Waals surface area contributed by atoms with Crippen LogP contribution in [0.5, 0.6) is 0 Å². The van der Waals surface area contributed by atoms with E-state index in [2.05, 4.69) is 32.6 Å². The lowest BCUT2D eigenvalue weighted by Crippen LogP contribution is -2.70. The number of rotatable bonds is 4. The minimum absolute atomic E-state index is 0.0688. The van der Waals surface area contributed by atoms with E-state index in [0.29, 0.717) is 19.6 Å². The second kappa shape index (κ2) is 8.19. The van der Waals surface area contributed by atoms with Crippen molar-refractivity contribution in [3.05, 3.63) is 35.6 Å². The first kappa shape index (κ1) is 20.8. The maximum Gasteiger partial charge on any atom is 0.256 e. The number of piperazine rings is 2. The van der Waals surface area contributed by atoms with Crippen molar-refractivity contribution in [1.29, 1.82) is 0 Å². The second-order valence-corrected chi connectivity index (χ2v) is 8.62. The lowest BCUT2D eigenvalue weighted by Gasteiger charge is -2.55. The Morgan fingerprint density at radius 2 is 1.75 bits per heavy atom. The molecule has 1 unspecified atom stereocenters. The highest BCUT2D eigenvalue weighted by molar-refractivity contribution is 5.94. The van der Waals surface area contributed by atoms with Gasteiger partial charge in [-0.15, -0.1) is 0 Å². The van der Waals surface area contributed by atoms with Gasteiger partial charge < -0.3 is 9.80 Å². The molecular weight excluding hydrogens is 357 g/mol. The van der Waals surface area contributed by atoms with Gasteiger partial charge in [0.15, 0.2) is 0 Å². The van der Waals surface area contributed by atoms with Gasteiger partial charge in [0.05, 0.1) is 5.56 Å². The molecule has 0 saturated carbocycles. The Labute approximate surface area is 167 Å². The number of carbonyl (C=O) groups is 2. The van der Waals surface area contributed by atoms with Gasteiger partial charge in [0.2, 0.25) is 5.91 Å². The van der Waals surface area contributed by atoms with E-state index in [1.165, 1.54) is 6.07 Å². The molecule has 1 aromatic carbocycles. The van der Waals surface area contributed by atoms with Gasteiger partial charge in [-0.2, -0.15) is 0 Å². The maximum atomic E-state index is 14.1. The van der Waals surface area contributed by atoms with Crippen LogP contribution in [0.15, 0.2) is 24.3 Å². The van der Waals surface area contributed by atoms with Gasteiger partial charge in [0.1, 0.15) is 5.82 Å². The van der Waals surface area contributed by atoms with Crippen LogP contribution in [0.1, 0.15) is 50.9 Å². The minimum Gasteiger partial charge on any atom is -0.340 e. The fourth-order valence-electron chi connectivity index (χ4n) is 4.74. The van der Waals surface area contributed by atoms with E-state index in [0.717, 1.165) is 25.9 Å². The van der Waals surface area contributed by atoms with Crippen molar-refractivity contribution in [1.82, 2.24) is 14.7 Å². The van der Waals surface area contributed by atoms with Crippen molar-refractivity contribution < 1.29 is 14.0 Å². The topological polar surface area (TPSA) is 43.9 Å². The Bertz CT molecular complexity index is 732. The lowest BCUT2D eigenvalue weighted by molar-refractivity contribution is -0.142. The Hall–Kier alpha value is -1.95. The van der Waals surface area contributed by atoms with Crippen molar-refractivity contribution in [2.24, 2.45) is 5.92 Å². The number of benzene rings is 1. The number of hydrogen-bond acceptors (Lipinski definition) is 3. The standard InChI is InChI=1S/C22H32FN3O2/c1-5-16(6-2)20(27)24-11-12-26-17(13-24)14-25(15-22(26,3)4)21(28)18-9-7-8-10-19(18)23/h7-10,16-17H,5-6,11-15H2,1-4H3. The molecule has 0 aliphatic carbocycles. The number of halogens is 1. The van der Waals surface area contributed by atoms with Gasteiger partial charge in [-0.3, -0.25) is 14.5 Å². The van der Waals surface area contributed by atoms with Crippen LogP contribution in [0.4, 0.5) is 4.39 Å². The summed E-state index contributed by atoms with van der Waals surface area (Å²) < 4.78 is 14.1. The minimum atomic E-state index is -0.484. The number of fused-ring (bicyclic) bond motifs is 1. The zero-order chi connectivity index (χ0) is 20.5. The van der Waals surface area contributed by atoms with E-state index >= 15 is 0 Å². The molecule has 1 atom stereocenters. The first-order valence-electron chi connectivity index (χ1n) is 10.4. The van der Waals surface area contributed by atoms with Crippen LogP contribution in [0.2, 0.25) is 0 Å². The van der Waals surface area contributed by atoms with Gasteiger partial charge in [-0.25, -0.2) is 4.39 Å². The second-order valence-electron chi connectivity index (χ2n) is 8.62. The van der Waals surface area contributed by atoms with Crippen LogP contribution in [-0.2, 0) is 4.79 Å². The van der Waals surface area contributed by atoms with Crippen molar-refractivity contribution >= 4 is 11.8 Å². The van der Waals surface area contributed by atoms with Gasteiger partial charge in [0.25, 0.3) is 5.91 Å². The SMILES string of the molecule is CCC(CC)C(=O)N1CCN2C(CN(C(=O)c3ccccc3F)CC2(C)C)C1. The summed E-state index contributed by atoms with van der Waals surface area (Å²) in [6.07, 6.45) is 1.70. The summed E-state index contributed by atoms with van der Waals surface area (Å²) in [5.41, 5.74) is -0.0963. The monoisotopic (exact) mass is 389 g/mol. The highest BCUT2D eigenvalue weighted by Crippen LogP contribution is 2.30. The normalized spacial score (nSPS) is 22.3. The Kier molecular flexibility index (Phi) is 6.08. The molecule has 2 aliphatic heterocycles. The summed E-state index contributed by atoms with van der Waals surface area (Å²) >= 11 is 0. The molecule has 0 bridgehead atoms. The smallest absolute Gasteiger partial charge is 0.256 e. The van der Waals surface area contributed by atoms with Crippen molar-refractivity contribution in [2.75, 3.05) is 32.7 Å². The van der Waals surface area contributed by atoms with Gasteiger partial charge in [-0.05, 0) is 38.8 Å². The third-order valence-electron chi connectivity index (χ3n) is 6.31. The molecule has 3 rings (SSSR count). The summed E-state index contributed by atoms with van der Waals surface area (Å²) in [6, 6.07) is 6.23. The van der Waals surface area contributed by atoms with E-state index in [9.17, 15) is 14.0 Å². The van der Waals surface area contributed by atoms with Crippen LogP contribution in [0, 0.1) is 11.7 Å². The third-order valence-corrected chi connectivity index (χ3v) is 6.31. The molecule has 154 valence electrons. The molecule has 6 heteroatoms. The van der Waals surface area contributed by atoms with E-state index in [1.807, 2.05) is 4.90 Å². The molecule has 2 amide bonds. The number of amides is 2. The first-order chi connectivity index (χ1) is 13.3. The van der Waals surface area contributed by atoms with Crippen molar-refractivity contribution in [3.63, 3.8) is 0 Å².